The number of amides is 2. The molecule has 2 saturated carbocycles. The second-order valence-corrected chi connectivity index (χ2v) is 6.94. The van der Waals surface area contributed by atoms with Crippen LogP contribution in [0.1, 0.15) is 51.8 Å². The van der Waals surface area contributed by atoms with Crippen LogP contribution in [-0.2, 0) is 17.8 Å². The molecule has 1 aromatic rings. The normalized spacial score (nSPS) is 24.8. The molecule has 24 heavy (non-hydrogen) atoms. The van der Waals surface area contributed by atoms with Gasteiger partial charge in [0.2, 0.25) is 0 Å². The van der Waals surface area contributed by atoms with Crippen LogP contribution in [0.2, 0.25) is 0 Å². The zero-order valence-corrected chi connectivity index (χ0v) is 15.0. The van der Waals surface area contributed by atoms with Crippen molar-refractivity contribution in [2.45, 2.75) is 71.2 Å². The SMILES string of the molecule is CCO[C@@H]1C[C@@H](N(C)C(=O)NCc2nncn2CC)C12CCCC2. The highest BCUT2D eigenvalue weighted by molar-refractivity contribution is 5.74. The smallest absolute Gasteiger partial charge is 0.317 e. The summed E-state index contributed by atoms with van der Waals surface area (Å²) in [6.45, 7) is 6.05. The van der Waals surface area contributed by atoms with Crippen molar-refractivity contribution in [1.29, 1.82) is 0 Å². The van der Waals surface area contributed by atoms with Gasteiger partial charge in [-0.2, -0.15) is 0 Å². The third kappa shape index (κ3) is 2.90. The van der Waals surface area contributed by atoms with Gasteiger partial charge in [0.05, 0.1) is 12.6 Å². The van der Waals surface area contributed by atoms with E-state index in [1.54, 1.807) is 6.33 Å². The van der Waals surface area contributed by atoms with Crippen molar-refractivity contribution >= 4 is 6.03 Å². The summed E-state index contributed by atoms with van der Waals surface area (Å²) in [5.74, 6) is 0.788. The Balaban J connectivity index is 1.59. The summed E-state index contributed by atoms with van der Waals surface area (Å²) >= 11 is 0. The fourth-order valence-electron chi connectivity index (χ4n) is 4.49. The molecule has 0 bridgehead atoms. The lowest BCUT2D eigenvalue weighted by Crippen LogP contribution is -2.65. The van der Waals surface area contributed by atoms with Crippen LogP contribution in [0.4, 0.5) is 4.79 Å². The summed E-state index contributed by atoms with van der Waals surface area (Å²) in [6.07, 6.45) is 7.78. The Morgan fingerprint density at radius 3 is 2.88 bits per heavy atom. The fourth-order valence-corrected chi connectivity index (χ4v) is 4.49. The van der Waals surface area contributed by atoms with Crippen LogP contribution in [0.5, 0.6) is 0 Å². The third-order valence-corrected chi connectivity index (χ3v) is 5.87. The highest BCUT2D eigenvalue weighted by Gasteiger charge is 2.58. The quantitative estimate of drug-likeness (QED) is 0.865. The van der Waals surface area contributed by atoms with Gasteiger partial charge in [0.25, 0.3) is 0 Å². The Kier molecular flexibility index (Phi) is 5.08. The average Bonchev–Trinajstić information content (AvgIpc) is 3.25. The second-order valence-electron chi connectivity index (χ2n) is 6.94. The maximum atomic E-state index is 12.6. The maximum absolute atomic E-state index is 12.6. The van der Waals surface area contributed by atoms with Crippen molar-refractivity contribution in [2.24, 2.45) is 5.41 Å². The maximum Gasteiger partial charge on any atom is 0.317 e. The summed E-state index contributed by atoms with van der Waals surface area (Å²) in [5, 5.41) is 10.9. The predicted molar refractivity (Wildman–Crippen MR) is 90.4 cm³/mol. The van der Waals surface area contributed by atoms with E-state index in [0.717, 1.165) is 25.4 Å². The van der Waals surface area contributed by atoms with Crippen LogP contribution in [0, 0.1) is 5.41 Å². The van der Waals surface area contributed by atoms with E-state index in [-0.39, 0.29) is 17.5 Å². The molecule has 1 N–H and O–H groups in total. The number of aryl methyl sites for hydroxylation is 1. The molecule has 2 fully saturated rings. The summed E-state index contributed by atoms with van der Waals surface area (Å²) in [4.78, 5) is 14.5. The van der Waals surface area contributed by atoms with Crippen LogP contribution in [0.25, 0.3) is 0 Å². The van der Waals surface area contributed by atoms with Gasteiger partial charge in [-0.25, -0.2) is 4.79 Å². The first-order chi connectivity index (χ1) is 11.6. The third-order valence-electron chi connectivity index (χ3n) is 5.87. The van der Waals surface area contributed by atoms with E-state index in [2.05, 4.69) is 22.4 Å². The molecule has 0 aliphatic heterocycles. The first-order valence-electron chi connectivity index (χ1n) is 9.11. The number of hydrogen-bond acceptors (Lipinski definition) is 4. The standard InChI is InChI=1S/C17H29N5O2/c1-4-22-12-19-20-15(22)11-18-16(23)21(3)13-10-14(24-5-2)17(13)8-6-7-9-17/h12-14H,4-11H2,1-3H3,(H,18,23)/t13-,14-/m1/s1. The van der Waals surface area contributed by atoms with E-state index in [4.69, 9.17) is 4.74 Å². The summed E-state index contributed by atoms with van der Waals surface area (Å²) in [5.41, 5.74) is 0.172. The first kappa shape index (κ1) is 17.2. The number of carbonyl (C=O) groups is 1. The summed E-state index contributed by atoms with van der Waals surface area (Å²) in [6, 6.07) is 0.243. The van der Waals surface area contributed by atoms with Gasteiger partial charge in [0.1, 0.15) is 6.33 Å². The molecule has 3 rings (SSSR count). The molecule has 2 aliphatic rings. The van der Waals surface area contributed by atoms with Gasteiger partial charge in [-0.15, -0.1) is 10.2 Å². The molecular formula is C17H29N5O2. The van der Waals surface area contributed by atoms with Gasteiger partial charge in [-0.1, -0.05) is 12.8 Å². The van der Waals surface area contributed by atoms with Gasteiger partial charge in [-0.05, 0) is 33.1 Å². The lowest BCUT2D eigenvalue weighted by atomic mass is 9.60. The zero-order chi connectivity index (χ0) is 17.2. The van der Waals surface area contributed by atoms with Crippen LogP contribution in [0.15, 0.2) is 6.33 Å². The number of rotatable bonds is 6. The van der Waals surface area contributed by atoms with Crippen molar-refractivity contribution in [3.8, 4) is 0 Å². The average molecular weight is 335 g/mol. The Morgan fingerprint density at radius 2 is 2.21 bits per heavy atom. The Hall–Kier alpha value is -1.63. The predicted octanol–water partition coefficient (Wildman–Crippen LogP) is 2.18. The van der Waals surface area contributed by atoms with Crippen molar-refractivity contribution in [1.82, 2.24) is 25.0 Å². The van der Waals surface area contributed by atoms with Gasteiger partial charge >= 0.3 is 6.03 Å². The van der Waals surface area contributed by atoms with Gasteiger partial charge in [0, 0.05) is 31.7 Å². The van der Waals surface area contributed by atoms with Crippen LogP contribution in [-0.4, -0.2) is 51.5 Å². The van der Waals surface area contributed by atoms with E-state index in [1.807, 2.05) is 23.4 Å². The number of carbonyl (C=O) groups excluding carboxylic acids is 1. The van der Waals surface area contributed by atoms with Gasteiger partial charge < -0.3 is 19.5 Å². The van der Waals surface area contributed by atoms with Gasteiger partial charge in [-0.3, -0.25) is 0 Å². The topological polar surface area (TPSA) is 72.3 Å². The molecule has 1 heterocycles. The molecule has 2 atom stereocenters. The Bertz CT molecular complexity index is 567. The van der Waals surface area contributed by atoms with E-state index < -0.39 is 0 Å². The second kappa shape index (κ2) is 7.09. The first-order valence-corrected chi connectivity index (χ1v) is 9.11. The minimum absolute atomic E-state index is 0.0353. The largest absolute Gasteiger partial charge is 0.378 e. The number of hydrogen-bond donors (Lipinski definition) is 1. The number of aromatic nitrogens is 3. The van der Waals surface area contributed by atoms with Gasteiger partial charge in [0.15, 0.2) is 5.82 Å². The zero-order valence-electron chi connectivity index (χ0n) is 15.0. The Labute approximate surface area is 143 Å². The highest BCUT2D eigenvalue weighted by Crippen LogP contribution is 2.56. The van der Waals surface area contributed by atoms with E-state index in [0.29, 0.717) is 12.6 Å². The van der Waals surface area contributed by atoms with Crippen LogP contribution < -0.4 is 5.32 Å². The molecule has 7 heteroatoms. The summed E-state index contributed by atoms with van der Waals surface area (Å²) in [7, 11) is 1.91. The van der Waals surface area contributed by atoms with Crippen molar-refractivity contribution in [3.05, 3.63) is 12.2 Å². The highest BCUT2D eigenvalue weighted by atomic mass is 16.5. The molecule has 134 valence electrons. The van der Waals surface area contributed by atoms with E-state index >= 15 is 0 Å². The molecular weight excluding hydrogens is 306 g/mol. The van der Waals surface area contributed by atoms with Crippen molar-refractivity contribution in [3.63, 3.8) is 0 Å². The molecule has 7 nitrogen and oxygen atoms in total. The summed E-state index contributed by atoms with van der Waals surface area (Å²) < 4.78 is 7.88. The van der Waals surface area contributed by atoms with Crippen LogP contribution in [0.3, 0.4) is 0 Å². The van der Waals surface area contributed by atoms with Crippen molar-refractivity contribution < 1.29 is 9.53 Å². The fraction of sp³-hybridized carbons (Fsp3) is 0.824. The molecule has 0 unspecified atom stereocenters. The van der Waals surface area contributed by atoms with E-state index in [9.17, 15) is 4.79 Å². The number of nitrogens with one attached hydrogen (secondary N) is 1. The van der Waals surface area contributed by atoms with Crippen LogP contribution >= 0.6 is 0 Å². The minimum Gasteiger partial charge on any atom is -0.378 e. The molecule has 1 aromatic heterocycles. The number of urea groups is 1. The minimum atomic E-state index is -0.0353. The molecule has 0 saturated heterocycles. The van der Waals surface area contributed by atoms with E-state index in [1.165, 1.54) is 25.7 Å². The molecule has 1 spiro atoms. The Morgan fingerprint density at radius 1 is 1.46 bits per heavy atom. The molecule has 2 amide bonds. The lowest BCUT2D eigenvalue weighted by Gasteiger charge is -2.56. The number of nitrogens with zero attached hydrogens (tertiary/aromatic N) is 4. The molecule has 2 aliphatic carbocycles. The lowest BCUT2D eigenvalue weighted by molar-refractivity contribution is -0.151. The molecule has 0 radical (unpaired) electrons. The monoisotopic (exact) mass is 335 g/mol. The van der Waals surface area contributed by atoms with Crippen molar-refractivity contribution in [2.75, 3.05) is 13.7 Å². The molecule has 0 aromatic carbocycles. The number of ether oxygens (including phenoxy) is 1.